The van der Waals surface area contributed by atoms with Gasteiger partial charge in [-0.2, -0.15) is 0 Å². The van der Waals surface area contributed by atoms with E-state index in [2.05, 4.69) is 83.4 Å². The van der Waals surface area contributed by atoms with Crippen molar-refractivity contribution in [3.63, 3.8) is 0 Å². The Morgan fingerprint density at radius 2 is 1.09 bits per heavy atom. The number of aromatic nitrogens is 1. The fraction of sp³-hybridized carbons (Fsp3) is 0. The quantitative estimate of drug-likeness (QED) is 0.265. The third-order valence-corrected chi connectivity index (χ3v) is 6.79. The van der Waals surface area contributed by atoms with Crippen LogP contribution in [-0.2, 0) is 0 Å². The lowest BCUT2D eigenvalue weighted by Gasteiger charge is -2.09. The molecule has 8 rings (SSSR count). The van der Waals surface area contributed by atoms with Gasteiger partial charge in [0.15, 0.2) is 0 Å². The van der Waals surface area contributed by atoms with Crippen molar-refractivity contribution in [1.29, 1.82) is 0 Å². The summed E-state index contributed by atoms with van der Waals surface area (Å²) in [5.41, 5.74) is 7.09. The van der Waals surface area contributed by atoms with E-state index in [9.17, 15) is 0 Å². The highest BCUT2D eigenvalue weighted by Crippen LogP contribution is 2.41. The summed E-state index contributed by atoms with van der Waals surface area (Å²) in [6, 6.07) is 35.9. The molecular weight excluding hydrogens is 406 g/mol. The van der Waals surface area contributed by atoms with Gasteiger partial charge in [-0.05, 0) is 48.5 Å². The van der Waals surface area contributed by atoms with Gasteiger partial charge in [0.1, 0.15) is 22.3 Å². The average molecular weight is 423 g/mol. The Balaban J connectivity index is 1.60. The lowest BCUT2D eigenvalue weighted by molar-refractivity contribution is 0.668. The topological polar surface area (TPSA) is 31.2 Å². The number of fused-ring (bicyclic) bond motifs is 10. The predicted molar refractivity (Wildman–Crippen MR) is 135 cm³/mol. The van der Waals surface area contributed by atoms with Gasteiger partial charge in [-0.25, -0.2) is 0 Å². The Morgan fingerprint density at radius 1 is 0.455 bits per heavy atom. The Bertz CT molecular complexity index is 2030. The highest BCUT2D eigenvalue weighted by Gasteiger charge is 2.19. The first-order valence-electron chi connectivity index (χ1n) is 11.1. The minimum Gasteiger partial charge on any atom is -0.456 e. The van der Waals surface area contributed by atoms with E-state index in [0.29, 0.717) is 0 Å². The van der Waals surface area contributed by atoms with E-state index in [4.69, 9.17) is 8.83 Å². The number of nitrogens with zero attached hydrogens (tertiary/aromatic N) is 1. The molecule has 3 aromatic heterocycles. The fourth-order valence-electron chi connectivity index (χ4n) is 5.39. The molecule has 0 aliphatic carbocycles. The number of rotatable bonds is 1. The van der Waals surface area contributed by atoms with E-state index in [0.717, 1.165) is 49.6 Å². The Labute approximate surface area is 188 Å². The maximum atomic E-state index is 6.23. The van der Waals surface area contributed by atoms with Gasteiger partial charge < -0.3 is 13.4 Å². The Kier molecular flexibility index (Phi) is 3.14. The number of furan rings is 2. The molecule has 0 atom stereocenters. The van der Waals surface area contributed by atoms with Gasteiger partial charge in [0.25, 0.3) is 0 Å². The zero-order chi connectivity index (χ0) is 21.5. The van der Waals surface area contributed by atoms with E-state index >= 15 is 0 Å². The van der Waals surface area contributed by atoms with Crippen LogP contribution in [0.25, 0.3) is 71.4 Å². The van der Waals surface area contributed by atoms with Gasteiger partial charge >= 0.3 is 0 Å². The second-order valence-electron chi connectivity index (χ2n) is 8.56. The molecule has 0 aliphatic rings. The molecule has 0 saturated heterocycles. The molecule has 0 saturated carbocycles. The standard InChI is InChI=1S/C30H17NO2/c1-4-10-24-19(7-1)21-14-16-28-29(22-9-3-6-12-26(22)33-28)30(21)31(24)18-13-15-27-23(17-18)20-8-2-5-11-25(20)32-27/h1-17H. The maximum Gasteiger partial charge on any atom is 0.137 e. The lowest BCUT2D eigenvalue weighted by atomic mass is 10.1. The third-order valence-electron chi connectivity index (χ3n) is 6.79. The Hall–Kier alpha value is -4.50. The summed E-state index contributed by atoms with van der Waals surface area (Å²) >= 11 is 0. The molecule has 3 nitrogen and oxygen atoms in total. The summed E-state index contributed by atoms with van der Waals surface area (Å²) in [5.74, 6) is 0. The van der Waals surface area contributed by atoms with Crippen LogP contribution in [0.3, 0.4) is 0 Å². The van der Waals surface area contributed by atoms with Crippen molar-refractivity contribution < 1.29 is 8.83 Å². The largest absolute Gasteiger partial charge is 0.456 e. The molecule has 0 aliphatic heterocycles. The highest BCUT2D eigenvalue weighted by molar-refractivity contribution is 6.24. The molecule has 8 aromatic rings. The summed E-state index contributed by atoms with van der Waals surface area (Å²) < 4.78 is 14.7. The first kappa shape index (κ1) is 17.1. The fourth-order valence-corrected chi connectivity index (χ4v) is 5.39. The molecule has 33 heavy (non-hydrogen) atoms. The zero-order valence-electron chi connectivity index (χ0n) is 17.6. The second-order valence-corrected chi connectivity index (χ2v) is 8.56. The number of benzene rings is 5. The van der Waals surface area contributed by atoms with Gasteiger partial charge in [-0.15, -0.1) is 0 Å². The minimum atomic E-state index is 0.902. The van der Waals surface area contributed by atoms with E-state index < -0.39 is 0 Å². The van der Waals surface area contributed by atoms with Crippen LogP contribution in [0, 0.1) is 0 Å². The zero-order valence-corrected chi connectivity index (χ0v) is 17.6. The molecule has 0 amide bonds. The lowest BCUT2D eigenvalue weighted by Crippen LogP contribution is -1.94. The number of hydrogen-bond donors (Lipinski definition) is 0. The van der Waals surface area contributed by atoms with Gasteiger partial charge in [-0.1, -0.05) is 54.6 Å². The van der Waals surface area contributed by atoms with Crippen LogP contribution in [0.5, 0.6) is 0 Å². The van der Waals surface area contributed by atoms with Gasteiger partial charge in [0.2, 0.25) is 0 Å². The van der Waals surface area contributed by atoms with Crippen LogP contribution in [0.1, 0.15) is 0 Å². The summed E-state index contributed by atoms with van der Waals surface area (Å²) in [5, 5.41) is 7.00. The van der Waals surface area contributed by atoms with Crippen molar-refractivity contribution in [3.8, 4) is 5.69 Å². The third kappa shape index (κ3) is 2.18. The molecule has 0 spiro atoms. The molecule has 3 heterocycles. The molecule has 0 radical (unpaired) electrons. The van der Waals surface area contributed by atoms with Crippen molar-refractivity contribution >= 4 is 65.7 Å². The van der Waals surface area contributed by atoms with E-state index in [1.165, 1.54) is 21.8 Å². The first-order chi connectivity index (χ1) is 16.4. The van der Waals surface area contributed by atoms with Crippen molar-refractivity contribution in [3.05, 3.63) is 103 Å². The van der Waals surface area contributed by atoms with Gasteiger partial charge in [0.05, 0.1) is 16.4 Å². The molecule has 0 fully saturated rings. The maximum absolute atomic E-state index is 6.23. The van der Waals surface area contributed by atoms with Crippen LogP contribution in [0.4, 0.5) is 0 Å². The summed E-state index contributed by atoms with van der Waals surface area (Å²) in [7, 11) is 0. The van der Waals surface area contributed by atoms with Crippen LogP contribution in [0.15, 0.2) is 112 Å². The SMILES string of the molecule is c1ccc2c(c1)oc1ccc(-n3c4ccccc4c4ccc5oc6ccccc6c5c43)cc12. The van der Waals surface area contributed by atoms with Crippen LogP contribution in [-0.4, -0.2) is 4.57 Å². The first-order valence-corrected chi connectivity index (χ1v) is 11.1. The summed E-state index contributed by atoms with van der Waals surface area (Å²) in [6.45, 7) is 0. The molecule has 5 aromatic carbocycles. The monoisotopic (exact) mass is 423 g/mol. The molecular formula is C30H17NO2. The van der Waals surface area contributed by atoms with Crippen molar-refractivity contribution in [2.45, 2.75) is 0 Å². The normalized spacial score (nSPS) is 12.2. The minimum absolute atomic E-state index is 0.902. The Morgan fingerprint density at radius 3 is 1.97 bits per heavy atom. The van der Waals surface area contributed by atoms with E-state index in [1.807, 2.05) is 24.3 Å². The van der Waals surface area contributed by atoms with E-state index in [-0.39, 0.29) is 0 Å². The smallest absolute Gasteiger partial charge is 0.137 e. The molecule has 0 bridgehead atoms. The number of para-hydroxylation sites is 3. The van der Waals surface area contributed by atoms with Gasteiger partial charge in [-0.3, -0.25) is 0 Å². The predicted octanol–water partition coefficient (Wildman–Crippen LogP) is 8.58. The van der Waals surface area contributed by atoms with Gasteiger partial charge in [0, 0.05) is 32.6 Å². The van der Waals surface area contributed by atoms with Crippen LogP contribution < -0.4 is 0 Å². The van der Waals surface area contributed by atoms with E-state index in [1.54, 1.807) is 0 Å². The van der Waals surface area contributed by atoms with Crippen molar-refractivity contribution in [1.82, 2.24) is 4.57 Å². The molecule has 0 N–H and O–H groups in total. The van der Waals surface area contributed by atoms with Crippen LogP contribution >= 0.6 is 0 Å². The second kappa shape index (κ2) is 6.05. The van der Waals surface area contributed by atoms with Crippen molar-refractivity contribution in [2.24, 2.45) is 0 Å². The summed E-state index contributed by atoms with van der Waals surface area (Å²) in [4.78, 5) is 0. The highest BCUT2D eigenvalue weighted by atomic mass is 16.3. The molecule has 3 heteroatoms. The molecule has 0 unspecified atom stereocenters. The number of hydrogen-bond acceptors (Lipinski definition) is 2. The average Bonchev–Trinajstić information content (AvgIpc) is 3.52. The molecule has 154 valence electrons. The van der Waals surface area contributed by atoms with Crippen LogP contribution in [0.2, 0.25) is 0 Å². The van der Waals surface area contributed by atoms with Crippen molar-refractivity contribution in [2.75, 3.05) is 0 Å². The summed E-state index contributed by atoms with van der Waals surface area (Å²) in [6.07, 6.45) is 0.